The van der Waals surface area contributed by atoms with E-state index in [0.717, 1.165) is 41.8 Å². The molecular weight excluding hydrogens is 390 g/mol. The highest BCUT2D eigenvalue weighted by molar-refractivity contribution is 5.91. The molecule has 3 aromatic heterocycles. The van der Waals surface area contributed by atoms with Gasteiger partial charge in [-0.2, -0.15) is 10.2 Å². The van der Waals surface area contributed by atoms with Gasteiger partial charge in [-0.3, -0.25) is 15.0 Å². The Bertz CT molecular complexity index is 1160. The average molecular weight is 416 g/mol. The molecule has 31 heavy (non-hydrogen) atoms. The van der Waals surface area contributed by atoms with Crippen LogP contribution < -0.4 is 10.6 Å². The first-order chi connectivity index (χ1) is 15.1. The van der Waals surface area contributed by atoms with E-state index in [1.807, 2.05) is 19.1 Å². The molecule has 0 saturated carbocycles. The minimum atomic E-state index is 0.337. The fourth-order valence-corrected chi connectivity index (χ4v) is 6.06. The van der Waals surface area contributed by atoms with E-state index in [-0.39, 0.29) is 0 Å². The minimum absolute atomic E-state index is 0.337. The van der Waals surface area contributed by atoms with Crippen LogP contribution in [0.3, 0.4) is 0 Å². The Morgan fingerprint density at radius 3 is 2.87 bits per heavy atom. The van der Waals surface area contributed by atoms with E-state index in [2.05, 4.69) is 47.8 Å². The number of rotatable bonds is 6. The van der Waals surface area contributed by atoms with Crippen LogP contribution in [-0.4, -0.2) is 53.7 Å². The van der Waals surface area contributed by atoms with Gasteiger partial charge >= 0.3 is 0 Å². The number of nitrogens with zero attached hydrogens (tertiary/aromatic N) is 6. The van der Waals surface area contributed by atoms with Gasteiger partial charge in [0.2, 0.25) is 5.95 Å². The number of H-pyrrole nitrogens is 1. The molecule has 3 fully saturated rings. The highest BCUT2D eigenvalue weighted by Gasteiger charge is 2.64. The SMILES string of the molecule is Cc1nc(Nc2cc3ncccc3c(NC3C[C@@H]4CC5(CCC#N)C[C@H](C3)N45)n2)n[nH]1. The minimum Gasteiger partial charge on any atom is -0.367 e. The van der Waals surface area contributed by atoms with Crippen molar-refractivity contribution in [2.45, 2.75) is 69.1 Å². The van der Waals surface area contributed by atoms with Gasteiger partial charge in [-0.05, 0) is 51.2 Å². The van der Waals surface area contributed by atoms with Crippen molar-refractivity contribution in [1.29, 1.82) is 5.26 Å². The van der Waals surface area contributed by atoms with Crippen LogP contribution in [0.5, 0.6) is 0 Å². The Labute approximate surface area is 180 Å². The molecule has 0 spiro atoms. The monoisotopic (exact) mass is 415 g/mol. The van der Waals surface area contributed by atoms with Crippen molar-refractivity contribution < 1.29 is 0 Å². The van der Waals surface area contributed by atoms with E-state index in [4.69, 9.17) is 10.2 Å². The van der Waals surface area contributed by atoms with E-state index < -0.39 is 0 Å². The summed E-state index contributed by atoms with van der Waals surface area (Å²) < 4.78 is 0. The summed E-state index contributed by atoms with van der Waals surface area (Å²) in [5.41, 5.74) is 1.22. The molecule has 2 unspecified atom stereocenters. The summed E-state index contributed by atoms with van der Waals surface area (Å²) in [6, 6.07) is 9.91. The van der Waals surface area contributed by atoms with Gasteiger partial charge in [-0.25, -0.2) is 4.98 Å². The molecular formula is C22H25N9. The third-order valence-electron chi connectivity index (χ3n) is 7.16. The molecule has 3 aromatic rings. The maximum absolute atomic E-state index is 8.97. The van der Waals surface area contributed by atoms with Crippen LogP contribution in [0.2, 0.25) is 0 Å². The molecule has 0 bridgehead atoms. The molecule has 3 saturated heterocycles. The number of hydrogen-bond acceptors (Lipinski definition) is 8. The summed E-state index contributed by atoms with van der Waals surface area (Å²) in [5.74, 6) is 2.77. The molecule has 3 N–H and O–H groups in total. The predicted octanol–water partition coefficient (Wildman–Crippen LogP) is 3.26. The lowest BCUT2D eigenvalue weighted by Crippen LogP contribution is -2.81. The maximum Gasteiger partial charge on any atom is 0.247 e. The average Bonchev–Trinajstić information content (AvgIpc) is 3.13. The number of piperidine rings is 2. The maximum atomic E-state index is 8.97. The Balaban J connectivity index is 1.22. The second kappa shape index (κ2) is 6.89. The van der Waals surface area contributed by atoms with Crippen LogP contribution in [0.1, 0.15) is 44.3 Å². The third kappa shape index (κ3) is 3.01. The summed E-state index contributed by atoms with van der Waals surface area (Å²) in [4.78, 5) is 16.4. The van der Waals surface area contributed by atoms with Crippen molar-refractivity contribution in [1.82, 2.24) is 30.0 Å². The zero-order chi connectivity index (χ0) is 21.0. The first-order valence-corrected chi connectivity index (χ1v) is 11.0. The summed E-state index contributed by atoms with van der Waals surface area (Å²) >= 11 is 0. The number of pyridine rings is 2. The molecule has 0 radical (unpaired) electrons. The largest absolute Gasteiger partial charge is 0.367 e. The normalized spacial score (nSPS) is 28.8. The fourth-order valence-electron chi connectivity index (χ4n) is 6.06. The lowest BCUT2D eigenvalue weighted by molar-refractivity contribution is -0.222. The van der Waals surface area contributed by atoms with E-state index in [0.29, 0.717) is 41.9 Å². The standard InChI is InChI=1S/C22H25N9/c1-13-25-21(30-29-13)28-19-10-18-17(4-2-7-24-18)20(27-19)26-14-8-15-11-22(5-3-6-23)12-16(9-14)31(15)22/h2,4,7,10,14-16H,3,5,8-9,11-12H2,1H3,(H3,25,26,27,28,29,30)/t14?,15-,16+,22?. The number of hydrogen-bond donors (Lipinski definition) is 3. The van der Waals surface area contributed by atoms with Crippen molar-refractivity contribution in [2.75, 3.05) is 10.6 Å². The summed E-state index contributed by atoms with van der Waals surface area (Å²) in [6.45, 7) is 1.86. The number of anilines is 3. The van der Waals surface area contributed by atoms with Gasteiger partial charge in [0.1, 0.15) is 17.5 Å². The number of aromatic nitrogens is 5. The summed E-state index contributed by atoms with van der Waals surface area (Å²) in [5, 5.41) is 23.9. The molecule has 3 aliphatic heterocycles. The lowest BCUT2D eigenvalue weighted by Gasteiger charge is -2.74. The van der Waals surface area contributed by atoms with Crippen LogP contribution in [-0.2, 0) is 0 Å². The number of nitriles is 1. The Morgan fingerprint density at radius 2 is 2.13 bits per heavy atom. The van der Waals surface area contributed by atoms with E-state index in [1.165, 1.54) is 12.8 Å². The Morgan fingerprint density at radius 1 is 1.29 bits per heavy atom. The topological polar surface area (TPSA) is 118 Å². The predicted molar refractivity (Wildman–Crippen MR) is 117 cm³/mol. The molecule has 3 aliphatic rings. The number of nitrogens with one attached hydrogen (secondary N) is 3. The van der Waals surface area contributed by atoms with E-state index in [1.54, 1.807) is 6.20 Å². The van der Waals surface area contributed by atoms with Crippen LogP contribution in [0, 0.1) is 18.3 Å². The summed E-state index contributed by atoms with van der Waals surface area (Å²) in [6.07, 6.45) is 8.19. The molecule has 6 rings (SSSR count). The van der Waals surface area contributed by atoms with Gasteiger partial charge in [0.05, 0.1) is 11.6 Å². The lowest BCUT2D eigenvalue weighted by atomic mass is 9.57. The van der Waals surface area contributed by atoms with Crippen molar-refractivity contribution in [3.8, 4) is 6.07 Å². The van der Waals surface area contributed by atoms with Crippen molar-refractivity contribution in [2.24, 2.45) is 0 Å². The fraction of sp³-hybridized carbons (Fsp3) is 0.500. The van der Waals surface area contributed by atoms with Gasteiger partial charge in [0.15, 0.2) is 0 Å². The molecule has 9 heteroatoms. The molecule has 4 atom stereocenters. The van der Waals surface area contributed by atoms with Crippen molar-refractivity contribution >= 4 is 28.5 Å². The number of aromatic amines is 1. The molecule has 158 valence electrons. The van der Waals surface area contributed by atoms with E-state index in [9.17, 15) is 0 Å². The van der Waals surface area contributed by atoms with Crippen molar-refractivity contribution in [3.63, 3.8) is 0 Å². The molecule has 0 amide bonds. The van der Waals surface area contributed by atoms with Crippen molar-refractivity contribution in [3.05, 3.63) is 30.2 Å². The van der Waals surface area contributed by atoms with Gasteiger partial charge in [0.25, 0.3) is 0 Å². The third-order valence-corrected chi connectivity index (χ3v) is 7.16. The van der Waals surface area contributed by atoms with Gasteiger partial charge < -0.3 is 10.6 Å². The second-order valence-corrected chi connectivity index (χ2v) is 9.11. The van der Waals surface area contributed by atoms with Gasteiger partial charge in [0, 0.05) is 47.7 Å². The smallest absolute Gasteiger partial charge is 0.247 e. The Kier molecular flexibility index (Phi) is 4.11. The molecule has 0 aliphatic carbocycles. The molecule has 9 nitrogen and oxygen atoms in total. The first kappa shape index (κ1) is 18.5. The highest BCUT2D eigenvalue weighted by Crippen LogP contribution is 2.58. The van der Waals surface area contributed by atoms with Crippen LogP contribution in [0.25, 0.3) is 10.9 Å². The quantitative estimate of drug-likeness (QED) is 0.561. The van der Waals surface area contributed by atoms with Crippen LogP contribution in [0.15, 0.2) is 24.4 Å². The summed E-state index contributed by atoms with van der Waals surface area (Å²) in [7, 11) is 0. The highest BCUT2D eigenvalue weighted by atomic mass is 15.4. The molecule has 6 heterocycles. The van der Waals surface area contributed by atoms with Crippen LogP contribution in [0.4, 0.5) is 17.6 Å². The zero-order valence-corrected chi connectivity index (χ0v) is 17.5. The van der Waals surface area contributed by atoms with E-state index >= 15 is 0 Å². The van der Waals surface area contributed by atoms with Crippen LogP contribution >= 0.6 is 0 Å². The van der Waals surface area contributed by atoms with Gasteiger partial charge in [-0.1, -0.05) is 0 Å². The first-order valence-electron chi connectivity index (χ1n) is 11.0. The zero-order valence-electron chi connectivity index (χ0n) is 17.5. The number of fused-ring (bicyclic) bond motifs is 1. The number of aryl methyl sites for hydroxylation is 1. The Hall–Kier alpha value is -3.25. The second-order valence-electron chi connectivity index (χ2n) is 9.11. The van der Waals surface area contributed by atoms with Gasteiger partial charge in [-0.15, -0.1) is 5.10 Å². The molecule has 0 aromatic carbocycles.